The van der Waals surface area contributed by atoms with Gasteiger partial charge < -0.3 is 4.90 Å². The number of amides is 1. The Kier molecular flexibility index (Phi) is 4.66. The lowest BCUT2D eigenvalue weighted by atomic mass is 9.86. The van der Waals surface area contributed by atoms with Crippen molar-refractivity contribution in [1.82, 2.24) is 10.2 Å². The molecule has 0 spiro atoms. The van der Waals surface area contributed by atoms with Crippen LogP contribution in [0, 0.1) is 5.92 Å². The summed E-state index contributed by atoms with van der Waals surface area (Å²) in [6.07, 6.45) is 8.54. The lowest BCUT2D eigenvalue weighted by Crippen LogP contribution is -2.45. The number of carbonyl (C=O) groups is 1. The smallest absolute Gasteiger partial charge is 0.241 e. The van der Waals surface area contributed by atoms with Crippen molar-refractivity contribution in [2.45, 2.75) is 84.0 Å². The Balaban J connectivity index is 1.97. The summed E-state index contributed by atoms with van der Waals surface area (Å²) in [6, 6.07) is 0.563. The molecule has 0 aromatic carbocycles. The maximum absolute atomic E-state index is 12.5. The summed E-state index contributed by atoms with van der Waals surface area (Å²) in [4.78, 5) is 14.6. The summed E-state index contributed by atoms with van der Waals surface area (Å²) in [5.74, 6) is 1.13. The van der Waals surface area contributed by atoms with Gasteiger partial charge in [-0.05, 0) is 32.1 Å². The molecule has 2 aliphatic rings. The van der Waals surface area contributed by atoms with Crippen LogP contribution in [0.2, 0.25) is 0 Å². The number of nitrogens with zero attached hydrogens (tertiary/aromatic N) is 1. The second-order valence-corrected chi connectivity index (χ2v) is 6.21. The normalized spacial score (nSPS) is 37.3. The monoisotopic (exact) mass is 252 g/mol. The van der Waals surface area contributed by atoms with Crippen LogP contribution in [0.15, 0.2) is 0 Å². The molecule has 1 saturated heterocycles. The molecule has 104 valence electrons. The minimum absolute atomic E-state index is 0.0807. The molecular weight excluding hydrogens is 224 g/mol. The lowest BCUT2D eigenvalue weighted by Gasteiger charge is -2.36. The second kappa shape index (κ2) is 6.05. The van der Waals surface area contributed by atoms with Gasteiger partial charge in [-0.3, -0.25) is 10.1 Å². The Morgan fingerprint density at radius 1 is 1.33 bits per heavy atom. The number of nitrogens with one attached hydrogen (secondary N) is 1. The highest BCUT2D eigenvalue weighted by molar-refractivity contribution is 5.84. The molecule has 0 aromatic heterocycles. The Morgan fingerprint density at radius 2 is 2.11 bits per heavy atom. The first-order valence-corrected chi connectivity index (χ1v) is 7.71. The summed E-state index contributed by atoms with van der Waals surface area (Å²) in [5.41, 5.74) is 0. The SMILES string of the molecule is CCCCC1NC(C)N(C2CCCC(C)C2)C1=O. The van der Waals surface area contributed by atoms with Gasteiger partial charge >= 0.3 is 0 Å². The van der Waals surface area contributed by atoms with Gasteiger partial charge in [0.15, 0.2) is 0 Å². The van der Waals surface area contributed by atoms with E-state index >= 15 is 0 Å². The van der Waals surface area contributed by atoms with E-state index in [2.05, 4.69) is 31.0 Å². The zero-order chi connectivity index (χ0) is 13.1. The van der Waals surface area contributed by atoms with Gasteiger partial charge in [0.25, 0.3) is 0 Å². The van der Waals surface area contributed by atoms with Crippen LogP contribution in [0.5, 0.6) is 0 Å². The van der Waals surface area contributed by atoms with E-state index in [0.717, 1.165) is 18.8 Å². The quantitative estimate of drug-likeness (QED) is 0.834. The average Bonchev–Trinajstić information content (AvgIpc) is 2.62. The van der Waals surface area contributed by atoms with E-state index in [1.54, 1.807) is 0 Å². The molecule has 0 aromatic rings. The van der Waals surface area contributed by atoms with Gasteiger partial charge in [-0.1, -0.05) is 39.5 Å². The van der Waals surface area contributed by atoms with E-state index in [9.17, 15) is 4.79 Å². The highest BCUT2D eigenvalue weighted by Gasteiger charge is 2.40. The highest BCUT2D eigenvalue weighted by atomic mass is 16.2. The number of rotatable bonds is 4. The van der Waals surface area contributed by atoms with E-state index in [1.165, 1.54) is 32.1 Å². The molecule has 18 heavy (non-hydrogen) atoms. The number of carbonyl (C=O) groups excluding carboxylic acids is 1. The summed E-state index contributed by atoms with van der Waals surface area (Å²) in [6.45, 7) is 6.64. The van der Waals surface area contributed by atoms with Crippen molar-refractivity contribution in [3.63, 3.8) is 0 Å². The summed E-state index contributed by atoms with van der Waals surface area (Å²) < 4.78 is 0. The molecule has 1 aliphatic carbocycles. The molecule has 0 bridgehead atoms. The van der Waals surface area contributed by atoms with Crippen LogP contribution < -0.4 is 5.32 Å². The molecule has 1 heterocycles. The summed E-state index contributed by atoms with van der Waals surface area (Å²) in [5, 5.41) is 3.48. The van der Waals surface area contributed by atoms with Crippen LogP contribution in [-0.4, -0.2) is 29.1 Å². The van der Waals surface area contributed by atoms with Gasteiger partial charge in [0.05, 0.1) is 12.2 Å². The van der Waals surface area contributed by atoms with Gasteiger partial charge in [0.2, 0.25) is 5.91 Å². The van der Waals surface area contributed by atoms with Crippen LogP contribution in [-0.2, 0) is 4.79 Å². The highest BCUT2D eigenvalue weighted by Crippen LogP contribution is 2.30. The van der Waals surface area contributed by atoms with Gasteiger partial charge in [-0.25, -0.2) is 0 Å². The molecule has 1 aliphatic heterocycles. The fraction of sp³-hybridized carbons (Fsp3) is 0.933. The first-order valence-electron chi connectivity index (χ1n) is 7.71. The van der Waals surface area contributed by atoms with Crippen LogP contribution in [0.25, 0.3) is 0 Å². The maximum atomic E-state index is 12.5. The van der Waals surface area contributed by atoms with Crippen molar-refractivity contribution >= 4 is 5.91 Å². The van der Waals surface area contributed by atoms with Crippen molar-refractivity contribution in [2.75, 3.05) is 0 Å². The summed E-state index contributed by atoms with van der Waals surface area (Å²) >= 11 is 0. The predicted molar refractivity (Wildman–Crippen MR) is 74.2 cm³/mol. The van der Waals surface area contributed by atoms with Gasteiger partial charge in [0, 0.05) is 6.04 Å². The van der Waals surface area contributed by atoms with Crippen molar-refractivity contribution < 1.29 is 4.79 Å². The molecule has 2 fully saturated rings. The molecule has 3 heteroatoms. The van der Waals surface area contributed by atoms with Crippen molar-refractivity contribution in [3.8, 4) is 0 Å². The minimum atomic E-state index is 0.0807. The van der Waals surface area contributed by atoms with E-state index < -0.39 is 0 Å². The van der Waals surface area contributed by atoms with E-state index in [4.69, 9.17) is 0 Å². The fourth-order valence-corrected chi connectivity index (χ4v) is 3.58. The molecule has 0 radical (unpaired) electrons. The molecule has 1 amide bonds. The second-order valence-electron chi connectivity index (χ2n) is 6.21. The van der Waals surface area contributed by atoms with Gasteiger partial charge in [-0.15, -0.1) is 0 Å². The van der Waals surface area contributed by atoms with Crippen LogP contribution >= 0.6 is 0 Å². The first kappa shape index (κ1) is 13.9. The molecule has 1 N–H and O–H groups in total. The Hall–Kier alpha value is -0.570. The molecule has 1 saturated carbocycles. The first-order chi connectivity index (χ1) is 8.63. The number of hydrogen-bond donors (Lipinski definition) is 1. The van der Waals surface area contributed by atoms with Gasteiger partial charge in [-0.2, -0.15) is 0 Å². The van der Waals surface area contributed by atoms with Crippen LogP contribution in [0.1, 0.15) is 65.7 Å². The van der Waals surface area contributed by atoms with Gasteiger partial charge in [0.1, 0.15) is 0 Å². The molecule has 2 rings (SSSR count). The van der Waals surface area contributed by atoms with Crippen molar-refractivity contribution in [1.29, 1.82) is 0 Å². The van der Waals surface area contributed by atoms with E-state index in [1.807, 2.05) is 0 Å². The topological polar surface area (TPSA) is 32.3 Å². The van der Waals surface area contributed by atoms with Crippen molar-refractivity contribution in [3.05, 3.63) is 0 Å². The van der Waals surface area contributed by atoms with Crippen LogP contribution in [0.3, 0.4) is 0 Å². The molecule has 4 atom stereocenters. The van der Waals surface area contributed by atoms with E-state index in [-0.39, 0.29) is 12.2 Å². The third-order valence-electron chi connectivity index (χ3n) is 4.56. The molecular formula is C15H28N2O. The van der Waals surface area contributed by atoms with Crippen molar-refractivity contribution in [2.24, 2.45) is 5.92 Å². The summed E-state index contributed by atoms with van der Waals surface area (Å²) in [7, 11) is 0. The van der Waals surface area contributed by atoms with E-state index in [0.29, 0.717) is 11.9 Å². The lowest BCUT2D eigenvalue weighted by molar-refractivity contribution is -0.133. The predicted octanol–water partition coefficient (Wildman–Crippen LogP) is 2.90. The third-order valence-corrected chi connectivity index (χ3v) is 4.56. The zero-order valence-electron chi connectivity index (χ0n) is 12.1. The maximum Gasteiger partial charge on any atom is 0.241 e. The Bertz CT molecular complexity index is 292. The largest absolute Gasteiger partial charge is 0.323 e. The zero-order valence-corrected chi connectivity index (χ0v) is 12.1. The Morgan fingerprint density at radius 3 is 2.78 bits per heavy atom. The fourth-order valence-electron chi connectivity index (χ4n) is 3.58. The minimum Gasteiger partial charge on any atom is -0.323 e. The Labute approximate surface area is 111 Å². The third kappa shape index (κ3) is 2.87. The van der Waals surface area contributed by atoms with Crippen LogP contribution in [0.4, 0.5) is 0 Å². The molecule has 4 unspecified atom stereocenters. The molecule has 3 nitrogen and oxygen atoms in total. The number of hydrogen-bond acceptors (Lipinski definition) is 2. The average molecular weight is 252 g/mol. The number of unbranched alkanes of at least 4 members (excludes halogenated alkanes) is 1. The standard InChI is InChI=1S/C15H28N2O/c1-4-5-9-14-15(18)17(12(3)16-14)13-8-6-7-11(2)10-13/h11-14,16H,4-10H2,1-3H3.